The summed E-state index contributed by atoms with van der Waals surface area (Å²) in [5, 5.41) is 3.29. The number of hydrogen-bond acceptors (Lipinski definition) is 4. The number of ether oxygens (including phenoxy) is 1. The van der Waals surface area contributed by atoms with Crippen LogP contribution < -0.4 is 15.6 Å². The summed E-state index contributed by atoms with van der Waals surface area (Å²) in [6, 6.07) is 13.3. The van der Waals surface area contributed by atoms with Crippen LogP contribution in [0.15, 0.2) is 53.3 Å². The van der Waals surface area contributed by atoms with Gasteiger partial charge in [-0.2, -0.15) is 8.78 Å². The second kappa shape index (κ2) is 9.42. The molecule has 0 fully saturated rings. The fraction of sp³-hybridized carbons (Fsp3) is 0.250. The number of nitrogens with zero attached hydrogens (tertiary/aromatic N) is 1. The standard InChI is InChI=1S/C20H19F2N3O3S/c21-19(22)28-14-7-5-13(6-8-14)9-11-23-17(26)10-12-25-18(27)15-3-1-2-4-16(15)24-20(25)29/h1-8,19H,9-12H2,(H,23,26)(H,24,29). The van der Waals surface area contributed by atoms with E-state index in [9.17, 15) is 18.4 Å². The van der Waals surface area contributed by atoms with Crippen LogP contribution in [0.2, 0.25) is 0 Å². The molecule has 0 bridgehead atoms. The van der Waals surface area contributed by atoms with Crippen molar-refractivity contribution in [2.24, 2.45) is 0 Å². The van der Waals surface area contributed by atoms with Gasteiger partial charge in [-0.1, -0.05) is 24.3 Å². The SMILES string of the molecule is O=C(CCn1c(=S)[nH]c2ccccc2c1=O)NCCc1ccc(OC(F)F)cc1. The molecule has 3 rings (SSSR count). The van der Waals surface area contributed by atoms with Gasteiger partial charge in [0.2, 0.25) is 5.91 Å². The van der Waals surface area contributed by atoms with Crippen LogP contribution in [0.4, 0.5) is 8.78 Å². The van der Waals surface area contributed by atoms with E-state index in [1.54, 1.807) is 30.3 Å². The molecule has 1 heterocycles. The first-order valence-corrected chi connectivity index (χ1v) is 9.37. The number of carbonyl (C=O) groups is 1. The number of benzene rings is 2. The molecular weight excluding hydrogens is 400 g/mol. The van der Waals surface area contributed by atoms with E-state index >= 15 is 0 Å². The van der Waals surface area contributed by atoms with Crippen LogP contribution in [0.1, 0.15) is 12.0 Å². The molecule has 3 aromatic rings. The van der Waals surface area contributed by atoms with E-state index in [-0.39, 0.29) is 35.0 Å². The number of amides is 1. The highest BCUT2D eigenvalue weighted by Crippen LogP contribution is 2.15. The van der Waals surface area contributed by atoms with Gasteiger partial charge in [-0.15, -0.1) is 0 Å². The lowest BCUT2D eigenvalue weighted by molar-refractivity contribution is -0.121. The summed E-state index contributed by atoms with van der Waals surface area (Å²) in [4.78, 5) is 27.6. The first-order chi connectivity index (χ1) is 13.9. The van der Waals surface area contributed by atoms with Crippen molar-refractivity contribution >= 4 is 29.0 Å². The lowest BCUT2D eigenvalue weighted by Gasteiger charge is -2.09. The Morgan fingerprint density at radius 1 is 1.17 bits per heavy atom. The Morgan fingerprint density at radius 2 is 1.90 bits per heavy atom. The van der Waals surface area contributed by atoms with Crippen LogP contribution in [0, 0.1) is 4.77 Å². The lowest BCUT2D eigenvalue weighted by Crippen LogP contribution is -2.29. The lowest BCUT2D eigenvalue weighted by atomic mass is 10.1. The average molecular weight is 419 g/mol. The summed E-state index contributed by atoms with van der Waals surface area (Å²) in [5.41, 5.74) is 1.30. The van der Waals surface area contributed by atoms with Crippen LogP contribution in [-0.2, 0) is 17.8 Å². The molecule has 0 saturated heterocycles. The maximum atomic E-state index is 12.5. The van der Waals surface area contributed by atoms with Crippen LogP contribution in [-0.4, -0.2) is 28.6 Å². The molecule has 0 spiro atoms. The Bertz CT molecular complexity index is 1110. The molecule has 9 heteroatoms. The number of nitrogens with one attached hydrogen (secondary N) is 2. The number of para-hydroxylation sites is 1. The highest BCUT2D eigenvalue weighted by molar-refractivity contribution is 7.71. The van der Waals surface area contributed by atoms with Gasteiger partial charge in [0.25, 0.3) is 5.56 Å². The highest BCUT2D eigenvalue weighted by atomic mass is 32.1. The molecule has 2 aromatic carbocycles. The smallest absolute Gasteiger partial charge is 0.387 e. The quantitative estimate of drug-likeness (QED) is 0.549. The van der Waals surface area contributed by atoms with E-state index in [2.05, 4.69) is 15.0 Å². The third kappa shape index (κ3) is 5.47. The number of alkyl halides is 2. The predicted molar refractivity (Wildman–Crippen MR) is 108 cm³/mol. The van der Waals surface area contributed by atoms with Crippen molar-refractivity contribution in [3.8, 4) is 5.75 Å². The van der Waals surface area contributed by atoms with Crippen molar-refractivity contribution in [3.63, 3.8) is 0 Å². The van der Waals surface area contributed by atoms with Crippen molar-refractivity contribution in [2.45, 2.75) is 26.0 Å². The molecular formula is C20H19F2N3O3S. The molecule has 2 N–H and O–H groups in total. The summed E-state index contributed by atoms with van der Waals surface area (Å²) in [5.74, 6) is -0.123. The van der Waals surface area contributed by atoms with Crippen molar-refractivity contribution in [1.82, 2.24) is 14.9 Å². The number of fused-ring (bicyclic) bond motifs is 1. The number of rotatable bonds is 8. The largest absolute Gasteiger partial charge is 0.435 e. The summed E-state index contributed by atoms with van der Waals surface area (Å²) in [6.45, 7) is -2.30. The maximum Gasteiger partial charge on any atom is 0.387 e. The number of H-pyrrole nitrogens is 1. The van der Waals surface area contributed by atoms with Crippen LogP contribution in [0.25, 0.3) is 10.9 Å². The Balaban J connectivity index is 1.51. The van der Waals surface area contributed by atoms with Gasteiger partial charge < -0.3 is 15.0 Å². The molecule has 1 amide bonds. The Morgan fingerprint density at radius 3 is 2.62 bits per heavy atom. The van der Waals surface area contributed by atoms with E-state index in [0.29, 0.717) is 23.9 Å². The van der Waals surface area contributed by atoms with Crippen LogP contribution in [0.5, 0.6) is 5.75 Å². The summed E-state index contributed by atoms with van der Waals surface area (Å²) >= 11 is 5.23. The van der Waals surface area contributed by atoms with E-state index in [4.69, 9.17) is 12.2 Å². The minimum Gasteiger partial charge on any atom is -0.435 e. The van der Waals surface area contributed by atoms with Crippen LogP contribution >= 0.6 is 12.2 Å². The second-order valence-electron chi connectivity index (χ2n) is 6.30. The number of aromatic amines is 1. The Labute approximate surface area is 170 Å². The van der Waals surface area contributed by atoms with Gasteiger partial charge in [0.1, 0.15) is 5.75 Å². The fourth-order valence-corrected chi connectivity index (χ4v) is 3.17. The third-order valence-corrected chi connectivity index (χ3v) is 4.66. The van der Waals surface area contributed by atoms with Gasteiger partial charge in [0.05, 0.1) is 10.9 Å². The fourth-order valence-electron chi connectivity index (χ4n) is 2.89. The first-order valence-electron chi connectivity index (χ1n) is 8.96. The van der Waals surface area contributed by atoms with E-state index in [1.807, 2.05) is 6.07 Å². The summed E-state index contributed by atoms with van der Waals surface area (Å²) < 4.78 is 30.2. The average Bonchev–Trinajstić information content (AvgIpc) is 2.69. The molecule has 29 heavy (non-hydrogen) atoms. The molecule has 0 saturated carbocycles. The first kappa shape index (κ1) is 20.7. The topological polar surface area (TPSA) is 76.1 Å². The Hall–Kier alpha value is -3.07. The van der Waals surface area contributed by atoms with E-state index in [1.165, 1.54) is 16.7 Å². The molecule has 0 aliphatic heterocycles. The Kier molecular flexibility index (Phi) is 6.71. The van der Waals surface area contributed by atoms with Crippen molar-refractivity contribution in [2.75, 3.05) is 6.54 Å². The number of aromatic nitrogens is 2. The third-order valence-electron chi connectivity index (χ3n) is 4.34. The molecule has 0 aliphatic carbocycles. The molecule has 0 atom stereocenters. The van der Waals surface area contributed by atoms with Gasteiger partial charge in [-0.05, 0) is 48.5 Å². The molecule has 6 nitrogen and oxygen atoms in total. The second-order valence-corrected chi connectivity index (χ2v) is 6.69. The number of hydrogen-bond donors (Lipinski definition) is 2. The summed E-state index contributed by atoms with van der Waals surface area (Å²) in [7, 11) is 0. The normalized spacial score (nSPS) is 11.0. The van der Waals surface area contributed by atoms with E-state index in [0.717, 1.165) is 5.56 Å². The predicted octanol–water partition coefficient (Wildman–Crippen LogP) is 3.41. The molecule has 0 unspecified atom stereocenters. The van der Waals surface area contributed by atoms with Crippen molar-refractivity contribution in [1.29, 1.82) is 0 Å². The minimum absolute atomic E-state index is 0.0881. The van der Waals surface area contributed by atoms with Gasteiger partial charge >= 0.3 is 6.61 Å². The number of halogens is 2. The zero-order valence-corrected chi connectivity index (χ0v) is 16.2. The zero-order valence-electron chi connectivity index (χ0n) is 15.4. The van der Waals surface area contributed by atoms with Crippen molar-refractivity contribution in [3.05, 3.63) is 69.2 Å². The van der Waals surface area contributed by atoms with Gasteiger partial charge in [-0.25, -0.2) is 0 Å². The monoisotopic (exact) mass is 419 g/mol. The van der Waals surface area contributed by atoms with Crippen molar-refractivity contribution < 1.29 is 18.3 Å². The maximum absolute atomic E-state index is 12.5. The molecule has 0 radical (unpaired) electrons. The highest BCUT2D eigenvalue weighted by Gasteiger charge is 2.08. The molecule has 0 aliphatic rings. The molecule has 152 valence electrons. The van der Waals surface area contributed by atoms with Crippen LogP contribution in [0.3, 0.4) is 0 Å². The number of carbonyl (C=O) groups excluding carboxylic acids is 1. The van der Waals surface area contributed by atoms with E-state index < -0.39 is 6.61 Å². The zero-order chi connectivity index (χ0) is 20.8. The van der Waals surface area contributed by atoms with Gasteiger partial charge in [0.15, 0.2) is 4.77 Å². The van der Waals surface area contributed by atoms with Gasteiger partial charge in [-0.3, -0.25) is 14.2 Å². The summed E-state index contributed by atoms with van der Waals surface area (Å²) in [6.07, 6.45) is 0.646. The van der Waals surface area contributed by atoms with Gasteiger partial charge in [0, 0.05) is 19.5 Å². The molecule has 1 aromatic heterocycles. The minimum atomic E-state index is -2.86.